The summed E-state index contributed by atoms with van der Waals surface area (Å²) >= 11 is 0. The Morgan fingerprint density at radius 3 is 2.71 bits per heavy atom. The number of unbranched alkanes of at least 4 members (excludes halogenated alkanes) is 3. The van der Waals surface area contributed by atoms with Gasteiger partial charge in [-0.3, -0.25) is 0 Å². The molecule has 0 saturated heterocycles. The fourth-order valence-electron chi connectivity index (χ4n) is 2.02. The van der Waals surface area contributed by atoms with Crippen molar-refractivity contribution in [3.05, 3.63) is 23.8 Å². The molecule has 1 aromatic rings. The van der Waals surface area contributed by atoms with Crippen LogP contribution in [-0.2, 0) is 0 Å². The summed E-state index contributed by atoms with van der Waals surface area (Å²) in [6.45, 7) is 6.52. The summed E-state index contributed by atoms with van der Waals surface area (Å²) < 4.78 is 0. The second-order valence-corrected chi connectivity index (χ2v) is 4.93. The third kappa shape index (κ3) is 4.68. The lowest BCUT2D eigenvalue weighted by atomic mass is 10.1. The quantitative estimate of drug-likeness (QED) is 0.544. The van der Waals surface area contributed by atoms with Crippen molar-refractivity contribution in [1.82, 2.24) is 0 Å². The van der Waals surface area contributed by atoms with Crippen LogP contribution in [0, 0.1) is 6.92 Å². The van der Waals surface area contributed by atoms with Gasteiger partial charge in [-0.15, -0.1) is 0 Å². The van der Waals surface area contributed by atoms with E-state index < -0.39 is 0 Å². The molecule has 17 heavy (non-hydrogen) atoms. The molecule has 0 heterocycles. The molecule has 1 unspecified atom stereocenters. The van der Waals surface area contributed by atoms with Gasteiger partial charge in [0, 0.05) is 6.04 Å². The molecule has 2 heteroatoms. The van der Waals surface area contributed by atoms with Crippen LogP contribution in [0.2, 0.25) is 0 Å². The Kier molecular flexibility index (Phi) is 5.88. The van der Waals surface area contributed by atoms with Crippen molar-refractivity contribution < 1.29 is 0 Å². The molecule has 2 nitrogen and oxygen atoms in total. The van der Waals surface area contributed by atoms with E-state index in [1.54, 1.807) is 0 Å². The van der Waals surface area contributed by atoms with Crippen LogP contribution < -0.4 is 11.1 Å². The molecule has 0 aromatic heterocycles. The van der Waals surface area contributed by atoms with Crippen molar-refractivity contribution in [2.45, 2.75) is 58.9 Å². The molecule has 96 valence electrons. The minimum atomic E-state index is 0.496. The number of nitrogen functional groups attached to an aromatic ring is 1. The first kappa shape index (κ1) is 13.9. The van der Waals surface area contributed by atoms with Crippen LogP contribution in [0.15, 0.2) is 18.2 Å². The van der Waals surface area contributed by atoms with Gasteiger partial charge in [-0.2, -0.15) is 0 Å². The van der Waals surface area contributed by atoms with Crippen LogP contribution in [-0.4, -0.2) is 6.04 Å². The number of aryl methyl sites for hydroxylation is 1. The number of benzene rings is 1. The zero-order valence-corrected chi connectivity index (χ0v) is 11.4. The number of anilines is 2. The molecule has 3 N–H and O–H groups in total. The van der Waals surface area contributed by atoms with E-state index in [0.717, 1.165) is 16.9 Å². The second-order valence-electron chi connectivity index (χ2n) is 4.93. The predicted octanol–water partition coefficient (Wildman–Crippen LogP) is 4.35. The van der Waals surface area contributed by atoms with Gasteiger partial charge in [0.2, 0.25) is 0 Å². The smallest absolute Gasteiger partial charge is 0.0579 e. The minimum absolute atomic E-state index is 0.496. The molecule has 0 radical (unpaired) electrons. The third-order valence-corrected chi connectivity index (χ3v) is 3.22. The number of hydrogen-bond donors (Lipinski definition) is 2. The zero-order valence-electron chi connectivity index (χ0n) is 11.4. The van der Waals surface area contributed by atoms with E-state index in [9.17, 15) is 0 Å². The number of rotatable bonds is 7. The topological polar surface area (TPSA) is 38.0 Å². The largest absolute Gasteiger partial charge is 0.397 e. The Morgan fingerprint density at radius 1 is 1.24 bits per heavy atom. The van der Waals surface area contributed by atoms with Gasteiger partial charge in [0.25, 0.3) is 0 Å². The highest BCUT2D eigenvalue weighted by atomic mass is 14.9. The first-order chi connectivity index (χ1) is 8.15. The lowest BCUT2D eigenvalue weighted by Crippen LogP contribution is -2.16. The zero-order chi connectivity index (χ0) is 12.7. The van der Waals surface area contributed by atoms with E-state index in [4.69, 9.17) is 5.73 Å². The van der Waals surface area contributed by atoms with Gasteiger partial charge in [-0.05, 0) is 31.9 Å². The highest BCUT2D eigenvalue weighted by molar-refractivity contribution is 5.69. The summed E-state index contributed by atoms with van der Waals surface area (Å²) in [5.74, 6) is 0. The fourth-order valence-corrected chi connectivity index (χ4v) is 2.02. The Hall–Kier alpha value is -1.18. The van der Waals surface area contributed by atoms with Crippen LogP contribution >= 0.6 is 0 Å². The lowest BCUT2D eigenvalue weighted by molar-refractivity contribution is 0.594. The molecule has 0 aliphatic heterocycles. The third-order valence-electron chi connectivity index (χ3n) is 3.22. The highest BCUT2D eigenvalue weighted by Crippen LogP contribution is 2.23. The Labute approximate surface area is 106 Å². The van der Waals surface area contributed by atoms with Crippen LogP contribution in [0.5, 0.6) is 0 Å². The number of nitrogens with two attached hydrogens (primary N) is 1. The first-order valence-corrected chi connectivity index (χ1v) is 6.76. The van der Waals surface area contributed by atoms with Crippen molar-refractivity contribution in [2.75, 3.05) is 11.1 Å². The summed E-state index contributed by atoms with van der Waals surface area (Å²) in [5, 5.41) is 3.50. The molecule has 0 bridgehead atoms. The van der Waals surface area contributed by atoms with E-state index in [1.165, 1.54) is 32.1 Å². The Morgan fingerprint density at radius 2 is 2.00 bits per heavy atom. The molecule has 1 aromatic carbocycles. The van der Waals surface area contributed by atoms with Crippen molar-refractivity contribution in [3.8, 4) is 0 Å². The van der Waals surface area contributed by atoms with Crippen molar-refractivity contribution in [1.29, 1.82) is 0 Å². The van der Waals surface area contributed by atoms with E-state index in [0.29, 0.717) is 6.04 Å². The van der Waals surface area contributed by atoms with Gasteiger partial charge < -0.3 is 11.1 Å². The molecule has 1 atom stereocenters. The molecule has 0 fully saturated rings. The van der Waals surface area contributed by atoms with Crippen LogP contribution in [0.3, 0.4) is 0 Å². The van der Waals surface area contributed by atoms with E-state index >= 15 is 0 Å². The number of para-hydroxylation sites is 1. The summed E-state index contributed by atoms with van der Waals surface area (Å²) in [4.78, 5) is 0. The van der Waals surface area contributed by atoms with Gasteiger partial charge in [0.15, 0.2) is 0 Å². The molecule has 0 saturated carbocycles. The molecule has 0 aliphatic carbocycles. The first-order valence-electron chi connectivity index (χ1n) is 6.76. The van der Waals surface area contributed by atoms with Gasteiger partial charge >= 0.3 is 0 Å². The standard InChI is InChI=1S/C15H26N2/c1-4-5-6-7-10-13(3)17-14-11-8-9-12(2)15(14)16/h8-9,11,13,17H,4-7,10,16H2,1-3H3. The number of nitrogens with one attached hydrogen (secondary N) is 1. The maximum atomic E-state index is 6.04. The fraction of sp³-hybridized carbons (Fsp3) is 0.600. The molecular weight excluding hydrogens is 208 g/mol. The van der Waals surface area contributed by atoms with Gasteiger partial charge in [-0.25, -0.2) is 0 Å². The molecule has 0 spiro atoms. The predicted molar refractivity (Wildman–Crippen MR) is 77.4 cm³/mol. The minimum Gasteiger partial charge on any atom is -0.397 e. The van der Waals surface area contributed by atoms with Crippen LogP contribution in [0.1, 0.15) is 51.5 Å². The van der Waals surface area contributed by atoms with Crippen LogP contribution in [0.4, 0.5) is 11.4 Å². The molecular formula is C15H26N2. The molecule has 0 amide bonds. The van der Waals surface area contributed by atoms with Gasteiger partial charge in [0.05, 0.1) is 11.4 Å². The average Bonchev–Trinajstić information content (AvgIpc) is 2.31. The Bertz CT molecular complexity index is 334. The lowest BCUT2D eigenvalue weighted by Gasteiger charge is -2.17. The number of hydrogen-bond acceptors (Lipinski definition) is 2. The second kappa shape index (κ2) is 7.21. The Balaban J connectivity index is 2.39. The monoisotopic (exact) mass is 234 g/mol. The molecule has 0 aliphatic rings. The average molecular weight is 234 g/mol. The SMILES string of the molecule is CCCCCCC(C)Nc1cccc(C)c1N. The van der Waals surface area contributed by atoms with Crippen molar-refractivity contribution >= 4 is 11.4 Å². The van der Waals surface area contributed by atoms with Gasteiger partial charge in [-0.1, -0.05) is 44.7 Å². The van der Waals surface area contributed by atoms with E-state index in [2.05, 4.69) is 31.3 Å². The van der Waals surface area contributed by atoms with E-state index in [-0.39, 0.29) is 0 Å². The van der Waals surface area contributed by atoms with Crippen molar-refractivity contribution in [2.24, 2.45) is 0 Å². The summed E-state index contributed by atoms with van der Waals surface area (Å²) in [5.41, 5.74) is 9.15. The van der Waals surface area contributed by atoms with Crippen molar-refractivity contribution in [3.63, 3.8) is 0 Å². The summed E-state index contributed by atoms with van der Waals surface area (Å²) in [6, 6.07) is 6.66. The summed E-state index contributed by atoms with van der Waals surface area (Å²) in [6.07, 6.45) is 6.50. The normalized spacial score (nSPS) is 12.4. The van der Waals surface area contributed by atoms with E-state index in [1.807, 2.05) is 13.0 Å². The maximum absolute atomic E-state index is 6.04. The summed E-state index contributed by atoms with van der Waals surface area (Å²) in [7, 11) is 0. The molecule has 1 rings (SSSR count). The van der Waals surface area contributed by atoms with Gasteiger partial charge in [0.1, 0.15) is 0 Å². The highest BCUT2D eigenvalue weighted by Gasteiger charge is 2.05. The maximum Gasteiger partial charge on any atom is 0.0579 e. The van der Waals surface area contributed by atoms with Crippen LogP contribution in [0.25, 0.3) is 0 Å².